The maximum Gasteiger partial charge on any atom is 0.417 e. The van der Waals surface area contributed by atoms with E-state index in [0.717, 1.165) is 25.0 Å². The lowest BCUT2D eigenvalue weighted by molar-refractivity contribution is -0.137. The van der Waals surface area contributed by atoms with E-state index in [1.807, 2.05) is 0 Å². The fourth-order valence-corrected chi connectivity index (χ4v) is 3.99. The zero-order valence-corrected chi connectivity index (χ0v) is 14.5. The Morgan fingerprint density at radius 2 is 1.91 bits per heavy atom. The third-order valence-corrected chi connectivity index (χ3v) is 5.76. The van der Waals surface area contributed by atoms with Crippen LogP contribution in [0.4, 0.5) is 13.2 Å². The molecule has 2 rings (SSSR count). The first-order chi connectivity index (χ1) is 9.99. The van der Waals surface area contributed by atoms with E-state index < -0.39 is 37.2 Å². The van der Waals surface area contributed by atoms with E-state index in [9.17, 15) is 21.6 Å². The van der Waals surface area contributed by atoms with Crippen LogP contribution in [0.5, 0.6) is 0 Å². The molecule has 1 atom stereocenters. The van der Waals surface area contributed by atoms with Crippen molar-refractivity contribution in [2.75, 3.05) is 6.54 Å². The van der Waals surface area contributed by atoms with E-state index in [4.69, 9.17) is 17.3 Å². The van der Waals surface area contributed by atoms with Crippen LogP contribution in [-0.4, -0.2) is 20.5 Å². The fourth-order valence-electron chi connectivity index (χ4n) is 2.27. The second-order valence-electron chi connectivity index (χ2n) is 5.64. The van der Waals surface area contributed by atoms with Crippen molar-refractivity contribution in [3.05, 3.63) is 28.8 Å². The molecule has 0 radical (unpaired) electrons. The summed E-state index contributed by atoms with van der Waals surface area (Å²) >= 11 is 5.50. The van der Waals surface area contributed by atoms with Gasteiger partial charge >= 0.3 is 6.18 Å². The predicted molar refractivity (Wildman–Crippen MR) is 84.2 cm³/mol. The summed E-state index contributed by atoms with van der Waals surface area (Å²) in [7, 11) is -4.12. The number of halogens is 5. The van der Waals surface area contributed by atoms with Crippen molar-refractivity contribution in [3.8, 4) is 0 Å². The van der Waals surface area contributed by atoms with Gasteiger partial charge in [-0.2, -0.15) is 13.2 Å². The molecule has 1 aromatic rings. The smallest absolute Gasteiger partial charge is 0.329 e. The van der Waals surface area contributed by atoms with Crippen molar-refractivity contribution in [2.24, 2.45) is 11.7 Å². The van der Waals surface area contributed by atoms with Gasteiger partial charge in [-0.3, -0.25) is 0 Å². The summed E-state index contributed by atoms with van der Waals surface area (Å²) in [6.07, 6.45) is -3.05. The minimum absolute atomic E-state index is 0. The Labute approximate surface area is 144 Å². The maximum absolute atomic E-state index is 12.8. The molecule has 1 aromatic carbocycles. The first kappa shape index (κ1) is 20.5. The van der Waals surface area contributed by atoms with Crippen LogP contribution in [0.15, 0.2) is 23.1 Å². The first-order valence-corrected chi connectivity index (χ1v) is 8.46. The van der Waals surface area contributed by atoms with Gasteiger partial charge in [-0.15, -0.1) is 12.4 Å². The summed E-state index contributed by atoms with van der Waals surface area (Å²) in [5, 5.41) is -0.546. The van der Waals surface area contributed by atoms with Gasteiger partial charge in [0.15, 0.2) is 0 Å². The lowest BCUT2D eigenvalue weighted by Crippen LogP contribution is -2.52. The lowest BCUT2D eigenvalue weighted by atomic mass is 9.98. The normalized spacial score (nSPS) is 18.2. The minimum atomic E-state index is -4.73. The van der Waals surface area contributed by atoms with Crippen LogP contribution >= 0.6 is 24.0 Å². The van der Waals surface area contributed by atoms with Crippen LogP contribution in [0.25, 0.3) is 0 Å². The van der Waals surface area contributed by atoms with Crippen molar-refractivity contribution in [3.63, 3.8) is 0 Å². The molecule has 1 unspecified atom stereocenters. The predicted octanol–water partition coefficient (Wildman–Crippen LogP) is 3.19. The number of alkyl halides is 3. The second kappa shape index (κ2) is 6.76. The van der Waals surface area contributed by atoms with Crippen LogP contribution in [-0.2, 0) is 16.2 Å². The Morgan fingerprint density at radius 1 is 1.35 bits per heavy atom. The molecular weight excluding hydrogens is 376 g/mol. The number of hydrogen-bond acceptors (Lipinski definition) is 3. The molecule has 0 aromatic heterocycles. The van der Waals surface area contributed by atoms with Crippen molar-refractivity contribution >= 4 is 34.0 Å². The van der Waals surface area contributed by atoms with Crippen LogP contribution in [0.2, 0.25) is 5.02 Å². The number of benzene rings is 1. The molecule has 1 saturated carbocycles. The summed E-state index contributed by atoms with van der Waals surface area (Å²) in [5.41, 5.74) is 3.58. The van der Waals surface area contributed by atoms with Gasteiger partial charge in [0.1, 0.15) is 0 Å². The molecule has 1 aliphatic carbocycles. The van der Waals surface area contributed by atoms with Gasteiger partial charge in [0, 0.05) is 12.1 Å². The Balaban J connectivity index is 0.00000264. The largest absolute Gasteiger partial charge is 0.417 e. The maximum atomic E-state index is 12.8. The minimum Gasteiger partial charge on any atom is -0.329 e. The van der Waals surface area contributed by atoms with Crippen molar-refractivity contribution in [1.82, 2.24) is 4.72 Å². The van der Waals surface area contributed by atoms with Gasteiger partial charge in [-0.25, -0.2) is 13.1 Å². The Bertz CT molecular complexity index is 678. The third-order valence-electron chi connectivity index (χ3n) is 3.82. The van der Waals surface area contributed by atoms with E-state index in [-0.39, 0.29) is 24.9 Å². The monoisotopic (exact) mass is 392 g/mol. The van der Waals surface area contributed by atoms with Gasteiger partial charge in [-0.05, 0) is 43.9 Å². The highest BCUT2D eigenvalue weighted by Gasteiger charge is 2.43. The molecule has 0 amide bonds. The van der Waals surface area contributed by atoms with E-state index >= 15 is 0 Å². The van der Waals surface area contributed by atoms with Gasteiger partial charge in [-0.1, -0.05) is 11.6 Å². The van der Waals surface area contributed by atoms with E-state index in [0.29, 0.717) is 6.07 Å². The summed E-state index contributed by atoms with van der Waals surface area (Å²) < 4.78 is 65.7. The van der Waals surface area contributed by atoms with Gasteiger partial charge in [0.25, 0.3) is 0 Å². The molecule has 0 heterocycles. The second-order valence-corrected chi connectivity index (χ2v) is 7.73. The van der Waals surface area contributed by atoms with Crippen LogP contribution in [0.1, 0.15) is 25.3 Å². The molecular formula is C13H17Cl2F3N2O2S. The highest BCUT2D eigenvalue weighted by Crippen LogP contribution is 2.40. The van der Waals surface area contributed by atoms with Gasteiger partial charge < -0.3 is 5.73 Å². The van der Waals surface area contributed by atoms with Crippen molar-refractivity contribution in [2.45, 2.75) is 36.4 Å². The average Bonchev–Trinajstić information content (AvgIpc) is 3.21. The van der Waals surface area contributed by atoms with Crippen LogP contribution < -0.4 is 10.5 Å². The molecule has 0 saturated heterocycles. The highest BCUT2D eigenvalue weighted by molar-refractivity contribution is 7.89. The number of rotatable bonds is 5. The molecule has 23 heavy (non-hydrogen) atoms. The molecule has 0 aliphatic heterocycles. The number of hydrogen-bond donors (Lipinski definition) is 2. The van der Waals surface area contributed by atoms with E-state index in [1.165, 1.54) is 0 Å². The molecule has 1 fully saturated rings. The molecule has 1 aliphatic rings. The van der Waals surface area contributed by atoms with Crippen LogP contribution in [0.3, 0.4) is 0 Å². The zero-order chi connectivity index (χ0) is 16.8. The molecule has 3 N–H and O–H groups in total. The topological polar surface area (TPSA) is 72.2 Å². The SMILES string of the molecule is CC(CN)(NS(=O)(=O)c1ccc(Cl)c(C(F)(F)F)c1)C1CC1.Cl. The first-order valence-electron chi connectivity index (χ1n) is 6.60. The summed E-state index contributed by atoms with van der Waals surface area (Å²) in [4.78, 5) is -0.482. The van der Waals surface area contributed by atoms with Gasteiger partial charge in [0.05, 0.1) is 15.5 Å². The summed E-state index contributed by atoms with van der Waals surface area (Å²) in [5.74, 6) is 0.0988. The van der Waals surface area contributed by atoms with Crippen molar-refractivity contribution in [1.29, 1.82) is 0 Å². The van der Waals surface area contributed by atoms with E-state index in [2.05, 4.69) is 4.72 Å². The lowest BCUT2D eigenvalue weighted by Gasteiger charge is -2.29. The number of sulfonamides is 1. The third kappa shape index (κ3) is 4.51. The quantitative estimate of drug-likeness (QED) is 0.807. The highest BCUT2D eigenvalue weighted by atomic mass is 35.5. The average molecular weight is 393 g/mol. The summed E-state index contributed by atoms with van der Waals surface area (Å²) in [6.45, 7) is 1.72. The van der Waals surface area contributed by atoms with Crippen molar-refractivity contribution < 1.29 is 21.6 Å². The van der Waals surface area contributed by atoms with E-state index in [1.54, 1.807) is 6.92 Å². The number of nitrogens with two attached hydrogens (primary N) is 1. The van der Waals surface area contributed by atoms with Crippen LogP contribution in [0, 0.1) is 5.92 Å². The summed E-state index contributed by atoms with van der Waals surface area (Å²) in [6, 6.07) is 2.51. The molecule has 132 valence electrons. The van der Waals surface area contributed by atoms with Gasteiger partial charge in [0.2, 0.25) is 10.0 Å². The Hall–Kier alpha value is -0.540. The molecule has 4 nitrogen and oxygen atoms in total. The fraction of sp³-hybridized carbons (Fsp3) is 0.538. The zero-order valence-electron chi connectivity index (χ0n) is 12.2. The molecule has 0 spiro atoms. The number of nitrogens with one attached hydrogen (secondary N) is 1. The standard InChI is InChI=1S/C13H16ClF3N2O2S.ClH/c1-12(7-18,8-2-3-8)19-22(20,21)9-4-5-11(14)10(6-9)13(15,16)17;/h4-6,8,19H,2-3,7,18H2,1H3;1H. The Kier molecular flexibility index (Phi) is 6.02. The Morgan fingerprint density at radius 3 is 2.35 bits per heavy atom. The molecule has 0 bridgehead atoms. The molecule has 10 heteroatoms.